The number of ether oxygens (including phenoxy) is 3. The van der Waals surface area contributed by atoms with Gasteiger partial charge in [-0.1, -0.05) is 59.3 Å². The van der Waals surface area contributed by atoms with E-state index in [1.807, 2.05) is 12.1 Å². The number of allylic oxidation sites excluding steroid dienone is 4. The Morgan fingerprint density at radius 2 is 1.63 bits per heavy atom. The molecule has 2 bridgehead atoms. The van der Waals surface area contributed by atoms with Crippen LogP contribution in [0.1, 0.15) is 115 Å². The summed E-state index contributed by atoms with van der Waals surface area (Å²) in [6.07, 6.45) is 12.4. The molecular formula is C49H63F2NO7. The third kappa shape index (κ3) is 6.47. The summed E-state index contributed by atoms with van der Waals surface area (Å²) in [5.41, 5.74) is -2.41. The van der Waals surface area contributed by atoms with Crippen LogP contribution < -0.4 is 9.47 Å². The van der Waals surface area contributed by atoms with Gasteiger partial charge in [0.15, 0.2) is 17.4 Å². The smallest absolute Gasteiger partial charge is 0.410 e. The first kappa shape index (κ1) is 42.0. The standard InChI is InChI=1S/C49H63F2NO7/c1-29(2)35-12-8-30(3)22-40(35)59-44(55)52(27-32-9-11-34(57-6)24-39(32)58-7)28-48(56)19-16-42-46(48,5)18-15-41-45(4)17-14-33(53)25-47(45)20-21-49(41,42)36(26-47)43(54)31-10-13-37(50)38(51)23-31/h9-11,13,20-21,23-24,26,29-30,33,35,40-42,53,56H,8,12,14-19,22,25,27-28H2,1-7H3. The van der Waals surface area contributed by atoms with Gasteiger partial charge in [-0.25, -0.2) is 13.6 Å². The lowest BCUT2D eigenvalue weighted by molar-refractivity contribution is -0.175. The van der Waals surface area contributed by atoms with E-state index >= 15 is 0 Å². The fourth-order valence-corrected chi connectivity index (χ4v) is 13.5. The first-order valence-corrected chi connectivity index (χ1v) is 21.9. The fourth-order valence-electron chi connectivity index (χ4n) is 13.5. The predicted octanol–water partition coefficient (Wildman–Crippen LogP) is 9.86. The highest BCUT2D eigenvalue weighted by Gasteiger charge is 2.74. The molecule has 59 heavy (non-hydrogen) atoms. The van der Waals surface area contributed by atoms with E-state index in [0.717, 1.165) is 43.4 Å². The molecule has 320 valence electrons. The van der Waals surface area contributed by atoms with E-state index < -0.39 is 45.7 Å². The van der Waals surface area contributed by atoms with Gasteiger partial charge >= 0.3 is 6.09 Å². The molecule has 1 amide bonds. The molecule has 9 rings (SSSR count). The molecule has 0 heterocycles. The van der Waals surface area contributed by atoms with Gasteiger partial charge in [-0.3, -0.25) is 4.79 Å². The summed E-state index contributed by atoms with van der Waals surface area (Å²) < 4.78 is 46.7. The van der Waals surface area contributed by atoms with Crippen molar-refractivity contribution in [3.05, 3.63) is 83.0 Å². The van der Waals surface area contributed by atoms with Gasteiger partial charge in [-0.05, 0) is 123 Å². The van der Waals surface area contributed by atoms with Crippen LogP contribution in [0, 0.1) is 62.9 Å². The van der Waals surface area contributed by atoms with Crippen LogP contribution in [0.3, 0.4) is 0 Å². The number of benzene rings is 2. The van der Waals surface area contributed by atoms with E-state index in [2.05, 4.69) is 52.8 Å². The number of amides is 1. The maximum atomic E-state index is 14.9. The Hall–Kier alpha value is -3.76. The van der Waals surface area contributed by atoms with Crippen LogP contribution in [-0.4, -0.2) is 65.6 Å². The number of ketones is 1. The maximum absolute atomic E-state index is 14.9. The molecule has 0 radical (unpaired) electrons. The lowest BCUT2D eigenvalue weighted by Gasteiger charge is -2.71. The molecule has 2 aromatic carbocycles. The molecule has 0 aliphatic heterocycles. The van der Waals surface area contributed by atoms with E-state index in [-0.39, 0.29) is 53.7 Å². The number of carbonyl (C=O) groups is 2. The normalized spacial score (nSPS) is 38.2. The molecule has 0 aromatic heterocycles. The number of aliphatic hydroxyl groups is 2. The average Bonchev–Trinajstić information content (AvgIpc) is 3.47. The van der Waals surface area contributed by atoms with Crippen molar-refractivity contribution in [3.63, 3.8) is 0 Å². The molecule has 7 aliphatic rings. The van der Waals surface area contributed by atoms with E-state index in [1.165, 1.54) is 6.07 Å². The van der Waals surface area contributed by atoms with Crippen molar-refractivity contribution in [1.82, 2.24) is 4.90 Å². The van der Waals surface area contributed by atoms with Crippen molar-refractivity contribution >= 4 is 11.9 Å². The summed E-state index contributed by atoms with van der Waals surface area (Å²) in [6, 6.07) is 8.86. The van der Waals surface area contributed by atoms with Crippen LogP contribution >= 0.6 is 0 Å². The molecule has 4 fully saturated rings. The average molecular weight is 816 g/mol. The number of methoxy groups -OCH3 is 2. The molecule has 7 aliphatic carbocycles. The lowest BCUT2D eigenvalue weighted by Crippen LogP contribution is -2.67. The molecule has 10 heteroatoms. The highest BCUT2D eigenvalue weighted by atomic mass is 19.2. The Balaban J connectivity index is 1.19. The third-order valence-electron chi connectivity index (χ3n) is 16.9. The van der Waals surface area contributed by atoms with E-state index in [9.17, 15) is 28.6 Å². The quantitative estimate of drug-likeness (QED) is 0.182. The van der Waals surface area contributed by atoms with Gasteiger partial charge in [-0.15, -0.1) is 0 Å². The minimum absolute atomic E-state index is 0.00746. The van der Waals surface area contributed by atoms with E-state index in [4.69, 9.17) is 14.2 Å². The van der Waals surface area contributed by atoms with Gasteiger partial charge in [0.1, 0.15) is 17.6 Å². The van der Waals surface area contributed by atoms with Crippen molar-refractivity contribution in [2.75, 3.05) is 20.8 Å². The van der Waals surface area contributed by atoms with Crippen molar-refractivity contribution in [1.29, 1.82) is 0 Å². The lowest BCUT2D eigenvalue weighted by atomic mass is 9.32. The zero-order valence-corrected chi connectivity index (χ0v) is 35.9. The molecule has 2 N–H and O–H groups in total. The summed E-state index contributed by atoms with van der Waals surface area (Å²) in [4.78, 5) is 31.3. The Kier molecular flexibility index (Phi) is 10.7. The molecule has 4 saturated carbocycles. The van der Waals surface area contributed by atoms with Crippen LogP contribution in [0.25, 0.3) is 0 Å². The van der Waals surface area contributed by atoms with Crippen molar-refractivity contribution < 1.29 is 42.8 Å². The van der Waals surface area contributed by atoms with Gasteiger partial charge in [0.2, 0.25) is 0 Å². The zero-order valence-electron chi connectivity index (χ0n) is 35.9. The molecule has 2 aromatic rings. The van der Waals surface area contributed by atoms with Gasteiger partial charge in [0, 0.05) is 39.0 Å². The number of aliphatic hydroxyl groups excluding tert-OH is 1. The molecule has 0 saturated heterocycles. The highest BCUT2D eigenvalue weighted by Crippen LogP contribution is 2.78. The Labute approximate surface area is 348 Å². The summed E-state index contributed by atoms with van der Waals surface area (Å²) in [6.45, 7) is 11.2. The van der Waals surface area contributed by atoms with Crippen molar-refractivity contribution in [2.45, 2.75) is 123 Å². The summed E-state index contributed by atoms with van der Waals surface area (Å²) in [5, 5.41) is 24.4. The summed E-state index contributed by atoms with van der Waals surface area (Å²) in [5.74, 6) is -0.472. The van der Waals surface area contributed by atoms with Crippen LogP contribution in [0.15, 0.2) is 60.2 Å². The van der Waals surface area contributed by atoms with Gasteiger partial charge in [0.05, 0.1) is 39.0 Å². The first-order valence-electron chi connectivity index (χ1n) is 21.9. The Morgan fingerprint density at radius 1 is 0.898 bits per heavy atom. The second kappa shape index (κ2) is 15.0. The zero-order chi connectivity index (χ0) is 42.3. The van der Waals surface area contributed by atoms with Crippen LogP contribution in [0.5, 0.6) is 11.5 Å². The highest BCUT2D eigenvalue weighted by molar-refractivity contribution is 6.10. The van der Waals surface area contributed by atoms with Crippen molar-refractivity contribution in [3.8, 4) is 11.5 Å². The van der Waals surface area contributed by atoms with Crippen LogP contribution in [0.2, 0.25) is 0 Å². The molecule has 2 spiro atoms. The number of nitrogens with zero attached hydrogens (tertiary/aromatic N) is 1. The minimum atomic E-state index is -1.37. The number of hydrogen-bond donors (Lipinski definition) is 2. The van der Waals surface area contributed by atoms with Crippen LogP contribution in [-0.2, 0) is 11.3 Å². The molecule has 11 unspecified atom stereocenters. The van der Waals surface area contributed by atoms with Gasteiger partial charge < -0.3 is 29.3 Å². The van der Waals surface area contributed by atoms with Gasteiger partial charge in [-0.2, -0.15) is 0 Å². The number of halogens is 2. The largest absolute Gasteiger partial charge is 0.497 e. The monoisotopic (exact) mass is 815 g/mol. The molecular weight excluding hydrogens is 753 g/mol. The summed E-state index contributed by atoms with van der Waals surface area (Å²) in [7, 11) is 3.18. The summed E-state index contributed by atoms with van der Waals surface area (Å²) >= 11 is 0. The topological polar surface area (TPSA) is 106 Å². The number of fused-ring (bicyclic) bond motifs is 1. The number of hydrogen-bond acceptors (Lipinski definition) is 7. The maximum Gasteiger partial charge on any atom is 0.410 e. The minimum Gasteiger partial charge on any atom is -0.497 e. The molecule has 8 nitrogen and oxygen atoms in total. The first-order chi connectivity index (χ1) is 27.9. The molecule has 11 atom stereocenters. The predicted molar refractivity (Wildman–Crippen MR) is 221 cm³/mol. The Bertz CT molecular complexity index is 2050. The SMILES string of the molecule is COc1ccc(CN(CC2(O)CCC3C45C=CC6(C=C4C(=O)c4ccc(F)c(F)c4)CC(O)CCC6(C)C5CCC32C)C(=O)OC2CC(C)CCC2C(C)C)c(OC)c1. The van der Waals surface area contributed by atoms with E-state index in [0.29, 0.717) is 67.4 Å². The second-order valence-electron chi connectivity index (χ2n) is 20.1. The third-order valence-corrected chi connectivity index (χ3v) is 16.9. The number of carbonyl (C=O) groups excluding carboxylic acids is 2. The Morgan fingerprint density at radius 3 is 2.34 bits per heavy atom. The second-order valence-corrected chi connectivity index (χ2v) is 20.1. The van der Waals surface area contributed by atoms with Crippen molar-refractivity contribution in [2.24, 2.45) is 51.2 Å². The van der Waals surface area contributed by atoms with Gasteiger partial charge in [0.25, 0.3) is 0 Å². The number of rotatable bonds is 10. The fraction of sp³-hybridized carbons (Fsp3) is 0.633. The van der Waals surface area contributed by atoms with E-state index in [1.54, 1.807) is 25.2 Å². The van der Waals surface area contributed by atoms with Crippen LogP contribution in [0.4, 0.5) is 13.6 Å². The number of Topliss-reactive ketones (excluding diaryl/α,β-unsaturated/α-hetero) is 1.